The summed E-state index contributed by atoms with van der Waals surface area (Å²) < 4.78 is 0. The number of nitrogens with zero attached hydrogens (tertiary/aromatic N) is 2. The Balaban J connectivity index is 1.32. The summed E-state index contributed by atoms with van der Waals surface area (Å²) in [6, 6.07) is 6.61. The molecule has 0 bridgehead atoms. The number of carboxylic acid groups (broad SMARTS) is 1. The number of carbonyl (C=O) groups excluding carboxylic acids is 1. The lowest BCUT2D eigenvalue weighted by molar-refractivity contribution is -0.143. The number of carbonyl (C=O) groups is 2. The van der Waals surface area contributed by atoms with E-state index < -0.39 is 5.97 Å². The van der Waals surface area contributed by atoms with E-state index in [4.69, 9.17) is 5.11 Å². The minimum absolute atomic E-state index is 0.163. The molecule has 1 aliphatic carbocycles. The number of benzene rings is 1. The quantitative estimate of drug-likeness (QED) is 0.844. The SMILES string of the molecule is O=C(O)C1CCN(CCc2ccc3c(c2)CCN3C(=O)C2CCCCC2)CC1. The molecule has 4 rings (SSSR count). The van der Waals surface area contributed by atoms with E-state index in [0.29, 0.717) is 5.91 Å². The zero-order chi connectivity index (χ0) is 19.5. The molecule has 2 heterocycles. The number of aliphatic carboxylic acids is 1. The molecule has 0 radical (unpaired) electrons. The number of rotatable bonds is 5. The van der Waals surface area contributed by atoms with E-state index in [1.54, 1.807) is 0 Å². The second-order valence-corrected chi connectivity index (χ2v) is 8.74. The number of hydrogen-bond donors (Lipinski definition) is 1. The number of carboxylic acids is 1. The molecule has 152 valence electrons. The predicted molar refractivity (Wildman–Crippen MR) is 110 cm³/mol. The van der Waals surface area contributed by atoms with Crippen molar-refractivity contribution in [2.24, 2.45) is 11.8 Å². The molecule has 0 spiro atoms. The van der Waals surface area contributed by atoms with Crippen LogP contribution in [0.2, 0.25) is 0 Å². The van der Waals surface area contributed by atoms with E-state index in [1.165, 1.54) is 30.4 Å². The Labute approximate surface area is 167 Å². The standard InChI is InChI=1S/C23H32N2O3/c26-22(18-4-2-1-3-5-18)25-15-11-20-16-17(6-7-21(20)25)8-12-24-13-9-19(10-14-24)23(27)28/h6-7,16,18-19H,1-5,8-15H2,(H,27,28). The molecular formula is C23H32N2O3. The molecule has 1 amide bonds. The van der Waals surface area contributed by atoms with Crippen LogP contribution in [0.15, 0.2) is 18.2 Å². The molecule has 1 saturated carbocycles. The lowest BCUT2D eigenvalue weighted by Crippen LogP contribution is -2.37. The van der Waals surface area contributed by atoms with Crippen LogP contribution in [-0.2, 0) is 22.4 Å². The van der Waals surface area contributed by atoms with Gasteiger partial charge in [0.2, 0.25) is 5.91 Å². The van der Waals surface area contributed by atoms with Crippen LogP contribution in [0.4, 0.5) is 5.69 Å². The summed E-state index contributed by atoms with van der Waals surface area (Å²) in [6.45, 7) is 3.57. The van der Waals surface area contributed by atoms with Gasteiger partial charge in [-0.2, -0.15) is 0 Å². The first kappa shape index (κ1) is 19.4. The van der Waals surface area contributed by atoms with Crippen molar-refractivity contribution in [1.82, 2.24) is 4.90 Å². The van der Waals surface area contributed by atoms with Crippen molar-refractivity contribution in [2.45, 2.75) is 57.8 Å². The summed E-state index contributed by atoms with van der Waals surface area (Å²) in [7, 11) is 0. The Morgan fingerprint density at radius 2 is 1.71 bits per heavy atom. The number of fused-ring (bicyclic) bond motifs is 1. The lowest BCUT2D eigenvalue weighted by atomic mass is 9.88. The summed E-state index contributed by atoms with van der Waals surface area (Å²) in [5.74, 6) is -0.241. The van der Waals surface area contributed by atoms with Crippen molar-refractivity contribution in [1.29, 1.82) is 0 Å². The molecule has 2 fully saturated rings. The van der Waals surface area contributed by atoms with E-state index in [9.17, 15) is 9.59 Å². The Hall–Kier alpha value is -1.88. The van der Waals surface area contributed by atoms with Gasteiger partial charge in [-0.25, -0.2) is 0 Å². The van der Waals surface area contributed by atoms with E-state index >= 15 is 0 Å². The molecular weight excluding hydrogens is 352 g/mol. The van der Waals surface area contributed by atoms with E-state index in [2.05, 4.69) is 23.1 Å². The topological polar surface area (TPSA) is 60.9 Å². The van der Waals surface area contributed by atoms with Crippen molar-refractivity contribution in [2.75, 3.05) is 31.1 Å². The van der Waals surface area contributed by atoms with Crippen LogP contribution in [0.5, 0.6) is 0 Å². The van der Waals surface area contributed by atoms with E-state index in [-0.39, 0.29) is 11.8 Å². The van der Waals surface area contributed by atoms with Crippen molar-refractivity contribution < 1.29 is 14.7 Å². The Kier molecular flexibility index (Phi) is 6.00. The highest BCUT2D eigenvalue weighted by Gasteiger charge is 2.31. The van der Waals surface area contributed by atoms with Gasteiger partial charge in [-0.3, -0.25) is 9.59 Å². The average Bonchev–Trinajstić information content (AvgIpc) is 3.16. The highest BCUT2D eigenvalue weighted by molar-refractivity contribution is 5.97. The van der Waals surface area contributed by atoms with Gasteiger partial charge in [0.1, 0.15) is 0 Å². The molecule has 1 aromatic rings. The zero-order valence-electron chi connectivity index (χ0n) is 16.7. The minimum atomic E-state index is -0.648. The summed E-state index contributed by atoms with van der Waals surface area (Å²) in [5.41, 5.74) is 3.76. The average molecular weight is 385 g/mol. The summed E-state index contributed by atoms with van der Waals surface area (Å²) in [4.78, 5) is 28.4. The fourth-order valence-corrected chi connectivity index (χ4v) is 5.10. The number of amides is 1. The molecule has 5 heteroatoms. The maximum atomic E-state index is 12.9. The number of hydrogen-bond acceptors (Lipinski definition) is 3. The number of anilines is 1. The van der Waals surface area contributed by atoms with Crippen LogP contribution in [0.25, 0.3) is 0 Å². The Morgan fingerprint density at radius 1 is 0.964 bits per heavy atom. The Bertz CT molecular complexity index is 719. The third-order valence-electron chi connectivity index (χ3n) is 6.91. The highest BCUT2D eigenvalue weighted by Crippen LogP contribution is 2.33. The molecule has 28 heavy (non-hydrogen) atoms. The van der Waals surface area contributed by atoms with E-state index in [1.807, 2.05) is 4.90 Å². The second-order valence-electron chi connectivity index (χ2n) is 8.74. The van der Waals surface area contributed by atoms with Gasteiger partial charge < -0.3 is 14.9 Å². The van der Waals surface area contributed by atoms with Gasteiger partial charge in [0.15, 0.2) is 0 Å². The van der Waals surface area contributed by atoms with Gasteiger partial charge in [-0.15, -0.1) is 0 Å². The van der Waals surface area contributed by atoms with Gasteiger partial charge in [0, 0.05) is 24.7 Å². The molecule has 0 atom stereocenters. The third kappa shape index (κ3) is 4.24. The van der Waals surface area contributed by atoms with Crippen LogP contribution < -0.4 is 4.90 Å². The second kappa shape index (κ2) is 8.64. The third-order valence-corrected chi connectivity index (χ3v) is 6.91. The van der Waals surface area contributed by atoms with Crippen LogP contribution in [-0.4, -0.2) is 48.1 Å². The Morgan fingerprint density at radius 3 is 2.43 bits per heavy atom. The van der Waals surface area contributed by atoms with Crippen LogP contribution in [0, 0.1) is 11.8 Å². The summed E-state index contributed by atoms with van der Waals surface area (Å²) >= 11 is 0. The van der Waals surface area contributed by atoms with Gasteiger partial charge in [-0.05, 0) is 68.8 Å². The molecule has 3 aliphatic rings. The predicted octanol–water partition coefficient (Wildman–Crippen LogP) is 3.50. The van der Waals surface area contributed by atoms with Gasteiger partial charge in [0.25, 0.3) is 0 Å². The van der Waals surface area contributed by atoms with Gasteiger partial charge >= 0.3 is 5.97 Å². The first-order valence-corrected chi connectivity index (χ1v) is 11.0. The monoisotopic (exact) mass is 384 g/mol. The lowest BCUT2D eigenvalue weighted by Gasteiger charge is -2.30. The van der Waals surface area contributed by atoms with Gasteiger partial charge in [0.05, 0.1) is 5.92 Å². The first-order chi connectivity index (χ1) is 13.6. The highest BCUT2D eigenvalue weighted by atomic mass is 16.4. The minimum Gasteiger partial charge on any atom is -0.481 e. The van der Waals surface area contributed by atoms with Crippen molar-refractivity contribution in [3.05, 3.63) is 29.3 Å². The van der Waals surface area contributed by atoms with Crippen LogP contribution in [0.3, 0.4) is 0 Å². The van der Waals surface area contributed by atoms with Crippen molar-refractivity contribution >= 4 is 17.6 Å². The first-order valence-electron chi connectivity index (χ1n) is 11.0. The van der Waals surface area contributed by atoms with Gasteiger partial charge in [-0.1, -0.05) is 31.4 Å². The molecule has 1 saturated heterocycles. The van der Waals surface area contributed by atoms with Crippen LogP contribution in [0.1, 0.15) is 56.1 Å². The molecule has 0 aromatic heterocycles. The number of likely N-dealkylation sites (tertiary alicyclic amines) is 1. The molecule has 1 N–H and O–H groups in total. The molecule has 0 unspecified atom stereocenters. The molecule has 1 aromatic carbocycles. The smallest absolute Gasteiger partial charge is 0.306 e. The van der Waals surface area contributed by atoms with Crippen LogP contribution >= 0.6 is 0 Å². The summed E-state index contributed by atoms with van der Waals surface area (Å²) in [5, 5.41) is 9.12. The fourth-order valence-electron chi connectivity index (χ4n) is 5.10. The fraction of sp³-hybridized carbons (Fsp3) is 0.652. The van der Waals surface area contributed by atoms with E-state index in [0.717, 1.165) is 70.4 Å². The normalized spacial score (nSPS) is 21.6. The van der Waals surface area contributed by atoms with Crippen molar-refractivity contribution in [3.63, 3.8) is 0 Å². The van der Waals surface area contributed by atoms with Crippen molar-refractivity contribution in [3.8, 4) is 0 Å². The molecule has 2 aliphatic heterocycles. The summed E-state index contributed by atoms with van der Waals surface area (Å²) in [6.07, 6.45) is 9.25. The number of piperidine rings is 1. The molecule has 5 nitrogen and oxygen atoms in total. The largest absolute Gasteiger partial charge is 0.481 e. The maximum absolute atomic E-state index is 12.9. The zero-order valence-corrected chi connectivity index (χ0v) is 16.7. The maximum Gasteiger partial charge on any atom is 0.306 e.